The van der Waals surface area contributed by atoms with E-state index < -0.39 is 36.3 Å². The number of fused-ring (bicyclic) bond motifs is 1. The fourth-order valence-corrected chi connectivity index (χ4v) is 5.31. The van der Waals surface area contributed by atoms with Gasteiger partial charge < -0.3 is 25.2 Å². The van der Waals surface area contributed by atoms with Gasteiger partial charge in [-0.3, -0.25) is 14.4 Å². The molecule has 2 aliphatic rings. The largest absolute Gasteiger partial charge is 0.497 e. The number of methoxy groups -OCH3 is 1. The number of hydroxylamine groups is 2. The number of aliphatic hydroxyl groups is 2. The number of hydrogen-bond acceptors (Lipinski definition) is 7. The number of amides is 2. The minimum absolute atomic E-state index is 0.0611. The summed E-state index contributed by atoms with van der Waals surface area (Å²) in [7, 11) is 1.60. The van der Waals surface area contributed by atoms with E-state index in [1.54, 1.807) is 17.1 Å². The van der Waals surface area contributed by atoms with Gasteiger partial charge >= 0.3 is 0 Å². The van der Waals surface area contributed by atoms with E-state index in [4.69, 9.17) is 9.57 Å². The van der Waals surface area contributed by atoms with Crippen molar-refractivity contribution >= 4 is 11.8 Å². The van der Waals surface area contributed by atoms with E-state index in [2.05, 4.69) is 5.32 Å². The number of likely N-dealkylation sites (tertiary alicyclic amines) is 1. The van der Waals surface area contributed by atoms with Gasteiger partial charge in [0.05, 0.1) is 38.3 Å². The van der Waals surface area contributed by atoms with Gasteiger partial charge in [-0.25, -0.2) is 0 Å². The Hall–Kier alpha value is -2.98. The molecule has 5 unspecified atom stereocenters. The standard InChI is InChI=1S/C29H39N3O6/c1-29(2,3)30-27(35)24-15-14-23-25(28(36)31(24)16-19-10-12-22(37-4)13-11-19)26(20-8-6-5-7-9-20)38-32(23)17-21(34)18-33/h5-13,21,23-26,33-34H,14-18H2,1-4H3,(H,30,35). The van der Waals surface area contributed by atoms with Crippen molar-refractivity contribution in [2.24, 2.45) is 5.92 Å². The summed E-state index contributed by atoms with van der Waals surface area (Å²) < 4.78 is 5.28. The minimum Gasteiger partial charge on any atom is -0.497 e. The maximum absolute atomic E-state index is 14.4. The fraction of sp³-hybridized carbons (Fsp3) is 0.517. The van der Waals surface area contributed by atoms with Crippen LogP contribution in [0, 0.1) is 5.92 Å². The van der Waals surface area contributed by atoms with Crippen molar-refractivity contribution in [3.63, 3.8) is 0 Å². The predicted molar refractivity (Wildman–Crippen MR) is 142 cm³/mol. The van der Waals surface area contributed by atoms with Crippen LogP contribution in [-0.4, -0.2) is 76.0 Å². The second-order valence-electron chi connectivity index (χ2n) is 11.1. The van der Waals surface area contributed by atoms with Gasteiger partial charge in [0.2, 0.25) is 11.8 Å². The van der Waals surface area contributed by atoms with E-state index in [1.165, 1.54) is 0 Å². The van der Waals surface area contributed by atoms with Crippen LogP contribution in [0.4, 0.5) is 0 Å². The summed E-state index contributed by atoms with van der Waals surface area (Å²) in [6, 6.07) is 16.0. The smallest absolute Gasteiger partial charge is 0.243 e. The highest BCUT2D eigenvalue weighted by atomic mass is 16.7. The van der Waals surface area contributed by atoms with Crippen molar-refractivity contribution in [1.82, 2.24) is 15.3 Å². The number of aliphatic hydroxyl groups excluding tert-OH is 2. The van der Waals surface area contributed by atoms with Crippen LogP contribution in [0.3, 0.4) is 0 Å². The highest BCUT2D eigenvalue weighted by Crippen LogP contribution is 2.44. The topological polar surface area (TPSA) is 112 Å². The number of benzene rings is 2. The first kappa shape index (κ1) is 28.0. The average Bonchev–Trinajstić information content (AvgIpc) is 3.18. The molecule has 3 N–H and O–H groups in total. The van der Waals surface area contributed by atoms with Gasteiger partial charge in [0.1, 0.15) is 17.9 Å². The molecule has 0 aliphatic carbocycles. The Bertz CT molecular complexity index is 1090. The number of nitrogens with zero attached hydrogens (tertiary/aromatic N) is 2. The van der Waals surface area contributed by atoms with Gasteiger partial charge in [-0.2, -0.15) is 5.06 Å². The maximum atomic E-state index is 14.4. The molecule has 2 aromatic rings. The molecule has 0 bridgehead atoms. The summed E-state index contributed by atoms with van der Waals surface area (Å²) in [6.07, 6.45) is -0.651. The molecule has 2 fully saturated rings. The first-order chi connectivity index (χ1) is 18.1. The second-order valence-corrected chi connectivity index (χ2v) is 11.1. The fourth-order valence-electron chi connectivity index (χ4n) is 5.31. The first-order valence-electron chi connectivity index (χ1n) is 13.1. The zero-order valence-electron chi connectivity index (χ0n) is 22.5. The lowest BCUT2D eigenvalue weighted by Gasteiger charge is -2.34. The van der Waals surface area contributed by atoms with Crippen molar-refractivity contribution in [3.8, 4) is 5.75 Å². The average molecular weight is 526 g/mol. The molecule has 38 heavy (non-hydrogen) atoms. The van der Waals surface area contributed by atoms with Crippen LogP contribution in [0.1, 0.15) is 50.8 Å². The minimum atomic E-state index is -1.01. The molecule has 2 saturated heterocycles. The molecule has 0 aromatic heterocycles. The molecule has 0 saturated carbocycles. The van der Waals surface area contributed by atoms with E-state index in [0.29, 0.717) is 18.6 Å². The zero-order valence-corrected chi connectivity index (χ0v) is 22.5. The lowest BCUT2D eigenvalue weighted by atomic mass is 9.88. The third-order valence-electron chi connectivity index (χ3n) is 7.08. The zero-order chi connectivity index (χ0) is 27.4. The molecule has 2 amide bonds. The molecule has 4 rings (SSSR count). The van der Waals surface area contributed by atoms with E-state index in [0.717, 1.165) is 11.1 Å². The van der Waals surface area contributed by atoms with Gasteiger partial charge in [0.25, 0.3) is 0 Å². The number of rotatable bonds is 8. The number of nitrogens with one attached hydrogen (secondary N) is 1. The number of ether oxygens (including phenoxy) is 1. The Kier molecular flexibility index (Phi) is 8.72. The number of carbonyl (C=O) groups is 2. The molecule has 9 heteroatoms. The van der Waals surface area contributed by atoms with E-state index in [1.807, 2.05) is 75.4 Å². The summed E-state index contributed by atoms with van der Waals surface area (Å²) in [6.45, 7) is 5.66. The molecule has 2 heterocycles. The van der Waals surface area contributed by atoms with Crippen LogP contribution in [-0.2, 0) is 21.0 Å². The van der Waals surface area contributed by atoms with E-state index >= 15 is 0 Å². The van der Waals surface area contributed by atoms with Crippen LogP contribution in [0.15, 0.2) is 54.6 Å². The molecule has 2 aromatic carbocycles. The highest BCUT2D eigenvalue weighted by molar-refractivity contribution is 5.90. The summed E-state index contributed by atoms with van der Waals surface area (Å²) in [4.78, 5) is 35.9. The molecular formula is C29H39N3O6. The van der Waals surface area contributed by atoms with E-state index in [-0.39, 0.29) is 30.9 Å². The Balaban J connectivity index is 1.72. The maximum Gasteiger partial charge on any atom is 0.243 e. The van der Waals surface area contributed by atoms with Crippen LogP contribution in [0.25, 0.3) is 0 Å². The molecule has 9 nitrogen and oxygen atoms in total. The van der Waals surface area contributed by atoms with Crippen molar-refractivity contribution in [1.29, 1.82) is 0 Å². The van der Waals surface area contributed by atoms with Gasteiger partial charge in [-0.1, -0.05) is 42.5 Å². The molecular weight excluding hydrogens is 486 g/mol. The molecule has 5 atom stereocenters. The quantitative estimate of drug-likeness (QED) is 0.485. The van der Waals surface area contributed by atoms with Crippen LogP contribution < -0.4 is 10.1 Å². The van der Waals surface area contributed by atoms with Crippen molar-refractivity contribution < 1.29 is 29.4 Å². The number of β-amino-alcohol motifs (C(OH)–C–C–N with tert-alkyl or cyclic N) is 1. The Morgan fingerprint density at radius 3 is 2.42 bits per heavy atom. The molecule has 0 radical (unpaired) electrons. The van der Waals surface area contributed by atoms with Gasteiger partial charge in [0, 0.05) is 12.1 Å². The first-order valence-corrected chi connectivity index (χ1v) is 13.1. The monoisotopic (exact) mass is 525 g/mol. The Morgan fingerprint density at radius 1 is 1.13 bits per heavy atom. The molecule has 0 spiro atoms. The molecule has 2 aliphatic heterocycles. The summed E-state index contributed by atoms with van der Waals surface area (Å²) in [5.74, 6) is -0.246. The summed E-state index contributed by atoms with van der Waals surface area (Å²) >= 11 is 0. The summed E-state index contributed by atoms with van der Waals surface area (Å²) in [5.41, 5.74) is 1.27. The van der Waals surface area contributed by atoms with E-state index in [9.17, 15) is 19.8 Å². The number of hydrogen-bond donors (Lipinski definition) is 3. The SMILES string of the molecule is COc1ccc(CN2C(=O)C3C(c4ccccc4)ON(CC(O)CO)C3CCC2C(=O)NC(C)(C)C)cc1. The number of carbonyl (C=O) groups excluding carboxylic acids is 2. The van der Waals surface area contributed by atoms with Gasteiger partial charge in [-0.15, -0.1) is 0 Å². The van der Waals surface area contributed by atoms with Gasteiger partial charge in [-0.05, 0) is 56.9 Å². The predicted octanol–water partition coefficient (Wildman–Crippen LogP) is 2.43. The lowest BCUT2D eigenvalue weighted by Crippen LogP contribution is -2.54. The third-order valence-corrected chi connectivity index (χ3v) is 7.08. The lowest BCUT2D eigenvalue weighted by molar-refractivity contribution is -0.183. The Labute approximate surface area is 224 Å². The summed E-state index contributed by atoms with van der Waals surface area (Å²) in [5, 5.41) is 24.4. The van der Waals surface area contributed by atoms with Crippen LogP contribution in [0.2, 0.25) is 0 Å². The van der Waals surface area contributed by atoms with Crippen molar-refractivity contribution in [3.05, 3.63) is 65.7 Å². The van der Waals surface area contributed by atoms with Crippen molar-refractivity contribution in [2.75, 3.05) is 20.3 Å². The Morgan fingerprint density at radius 2 is 1.82 bits per heavy atom. The highest BCUT2D eigenvalue weighted by Gasteiger charge is 2.53. The molecule has 206 valence electrons. The second kappa shape index (κ2) is 11.8. The van der Waals surface area contributed by atoms with Crippen LogP contribution in [0.5, 0.6) is 5.75 Å². The normalized spacial score (nSPS) is 25.0. The van der Waals surface area contributed by atoms with Crippen LogP contribution >= 0.6 is 0 Å². The van der Waals surface area contributed by atoms with Gasteiger partial charge in [0.15, 0.2) is 0 Å². The van der Waals surface area contributed by atoms with Crippen molar-refractivity contribution in [2.45, 2.75) is 70.0 Å². The third kappa shape index (κ3) is 6.35.